The summed E-state index contributed by atoms with van der Waals surface area (Å²) in [5.41, 5.74) is 6.82. The van der Waals surface area contributed by atoms with E-state index in [-0.39, 0.29) is 11.1 Å². The van der Waals surface area contributed by atoms with Gasteiger partial charge in [-0.25, -0.2) is 0 Å². The van der Waals surface area contributed by atoms with E-state index in [1.165, 1.54) is 45.2 Å². The molecule has 0 aromatic rings. The molecule has 112 valence electrons. The number of rotatable bonds is 3. The summed E-state index contributed by atoms with van der Waals surface area (Å²) in [6.45, 7) is 11.4. The summed E-state index contributed by atoms with van der Waals surface area (Å²) in [5, 5.41) is 0. The predicted octanol–water partition coefficient (Wildman–Crippen LogP) is 2.31. The molecule has 2 fully saturated rings. The average molecular weight is 267 g/mol. The molecule has 0 radical (unpaired) electrons. The molecule has 19 heavy (non-hydrogen) atoms. The standard InChI is InChI=1S/C16H33N3/c1-5-14-7-6-8-16(11-14,12-17)19-10-9-18(4)15(2,3)13-19/h14H,5-13,17H2,1-4H3. The number of nitrogens with two attached hydrogens (primary N) is 1. The summed E-state index contributed by atoms with van der Waals surface area (Å²) >= 11 is 0. The Kier molecular flexibility index (Phi) is 4.59. The van der Waals surface area contributed by atoms with Gasteiger partial charge in [-0.15, -0.1) is 0 Å². The second-order valence-electron chi connectivity index (χ2n) is 7.45. The maximum atomic E-state index is 6.25. The molecule has 2 N–H and O–H groups in total. The average Bonchev–Trinajstić information content (AvgIpc) is 2.41. The van der Waals surface area contributed by atoms with E-state index in [1.807, 2.05) is 0 Å². The summed E-state index contributed by atoms with van der Waals surface area (Å²) in [4.78, 5) is 5.22. The maximum absolute atomic E-state index is 6.25. The van der Waals surface area contributed by atoms with Crippen LogP contribution in [0.3, 0.4) is 0 Å². The van der Waals surface area contributed by atoms with Crippen molar-refractivity contribution in [3.05, 3.63) is 0 Å². The van der Waals surface area contributed by atoms with Gasteiger partial charge in [0.1, 0.15) is 0 Å². The van der Waals surface area contributed by atoms with Crippen molar-refractivity contribution >= 4 is 0 Å². The Morgan fingerprint density at radius 3 is 2.58 bits per heavy atom. The molecule has 2 aliphatic rings. The molecule has 1 saturated heterocycles. The Morgan fingerprint density at radius 1 is 1.26 bits per heavy atom. The SMILES string of the molecule is CCC1CCCC(CN)(N2CCN(C)C(C)(C)C2)C1. The summed E-state index contributed by atoms with van der Waals surface area (Å²) in [6.07, 6.45) is 6.72. The monoisotopic (exact) mass is 267 g/mol. The first-order valence-corrected chi connectivity index (χ1v) is 8.10. The topological polar surface area (TPSA) is 32.5 Å². The Bertz CT molecular complexity index is 302. The highest BCUT2D eigenvalue weighted by Crippen LogP contribution is 2.39. The molecule has 0 bridgehead atoms. The summed E-state index contributed by atoms with van der Waals surface area (Å²) in [5.74, 6) is 0.889. The lowest BCUT2D eigenvalue weighted by molar-refractivity contribution is -0.0453. The van der Waals surface area contributed by atoms with E-state index in [2.05, 4.69) is 37.6 Å². The first-order chi connectivity index (χ1) is 8.93. The highest BCUT2D eigenvalue weighted by Gasteiger charge is 2.44. The smallest absolute Gasteiger partial charge is 0.0335 e. The molecule has 0 amide bonds. The number of piperazine rings is 1. The number of hydrogen-bond donors (Lipinski definition) is 1. The Labute approximate surface area is 119 Å². The van der Waals surface area contributed by atoms with Gasteiger partial charge in [-0.2, -0.15) is 0 Å². The van der Waals surface area contributed by atoms with Crippen molar-refractivity contribution in [2.75, 3.05) is 33.2 Å². The van der Waals surface area contributed by atoms with Crippen LogP contribution in [-0.4, -0.2) is 54.1 Å². The minimum atomic E-state index is 0.277. The second kappa shape index (κ2) is 5.71. The first kappa shape index (κ1) is 15.3. The molecule has 1 aliphatic heterocycles. The number of hydrogen-bond acceptors (Lipinski definition) is 3. The van der Waals surface area contributed by atoms with Crippen molar-refractivity contribution in [2.24, 2.45) is 11.7 Å². The fraction of sp³-hybridized carbons (Fsp3) is 1.00. The minimum absolute atomic E-state index is 0.277. The van der Waals surface area contributed by atoms with Crippen LogP contribution in [0.5, 0.6) is 0 Å². The Morgan fingerprint density at radius 2 is 2.00 bits per heavy atom. The molecule has 0 spiro atoms. The van der Waals surface area contributed by atoms with Gasteiger partial charge < -0.3 is 5.73 Å². The minimum Gasteiger partial charge on any atom is -0.329 e. The lowest BCUT2D eigenvalue weighted by Gasteiger charge is -2.55. The van der Waals surface area contributed by atoms with Crippen LogP contribution in [0.1, 0.15) is 52.9 Å². The van der Waals surface area contributed by atoms with Gasteiger partial charge in [0.2, 0.25) is 0 Å². The largest absolute Gasteiger partial charge is 0.329 e. The summed E-state index contributed by atoms with van der Waals surface area (Å²) in [7, 11) is 2.25. The van der Waals surface area contributed by atoms with Gasteiger partial charge in [0.15, 0.2) is 0 Å². The van der Waals surface area contributed by atoms with E-state index in [0.717, 1.165) is 19.0 Å². The van der Waals surface area contributed by atoms with E-state index >= 15 is 0 Å². The zero-order chi connectivity index (χ0) is 14.1. The van der Waals surface area contributed by atoms with Crippen LogP contribution in [0.4, 0.5) is 0 Å². The van der Waals surface area contributed by atoms with Gasteiger partial charge in [0.25, 0.3) is 0 Å². The van der Waals surface area contributed by atoms with Crippen molar-refractivity contribution in [1.29, 1.82) is 0 Å². The molecule has 1 aliphatic carbocycles. The van der Waals surface area contributed by atoms with Crippen LogP contribution in [-0.2, 0) is 0 Å². The third-order valence-electron chi connectivity index (χ3n) is 5.87. The second-order valence-corrected chi connectivity index (χ2v) is 7.45. The highest BCUT2D eigenvalue weighted by atomic mass is 15.3. The third-order valence-corrected chi connectivity index (χ3v) is 5.87. The zero-order valence-corrected chi connectivity index (χ0v) is 13.4. The predicted molar refractivity (Wildman–Crippen MR) is 82.3 cm³/mol. The Hall–Kier alpha value is -0.120. The van der Waals surface area contributed by atoms with Gasteiger partial charge in [-0.3, -0.25) is 9.80 Å². The van der Waals surface area contributed by atoms with Gasteiger partial charge >= 0.3 is 0 Å². The van der Waals surface area contributed by atoms with Crippen LogP contribution in [0.15, 0.2) is 0 Å². The van der Waals surface area contributed by atoms with E-state index < -0.39 is 0 Å². The van der Waals surface area contributed by atoms with Crippen LogP contribution in [0.2, 0.25) is 0 Å². The third kappa shape index (κ3) is 2.98. The number of nitrogens with zero attached hydrogens (tertiary/aromatic N) is 2. The molecule has 2 unspecified atom stereocenters. The Balaban J connectivity index is 2.13. The van der Waals surface area contributed by atoms with Crippen LogP contribution in [0, 0.1) is 5.92 Å². The van der Waals surface area contributed by atoms with Gasteiger partial charge in [-0.05, 0) is 39.7 Å². The summed E-state index contributed by atoms with van der Waals surface area (Å²) < 4.78 is 0. The van der Waals surface area contributed by atoms with Gasteiger partial charge in [-0.1, -0.05) is 26.2 Å². The van der Waals surface area contributed by atoms with Crippen LogP contribution in [0.25, 0.3) is 0 Å². The van der Waals surface area contributed by atoms with Crippen LogP contribution < -0.4 is 5.73 Å². The maximum Gasteiger partial charge on any atom is 0.0335 e. The van der Waals surface area contributed by atoms with Crippen molar-refractivity contribution in [3.63, 3.8) is 0 Å². The molecule has 0 aromatic carbocycles. The van der Waals surface area contributed by atoms with Crippen LogP contribution >= 0.6 is 0 Å². The van der Waals surface area contributed by atoms with Crippen molar-refractivity contribution in [3.8, 4) is 0 Å². The van der Waals surface area contributed by atoms with E-state index in [1.54, 1.807) is 0 Å². The molecular weight excluding hydrogens is 234 g/mol. The van der Waals surface area contributed by atoms with Crippen molar-refractivity contribution in [1.82, 2.24) is 9.80 Å². The fourth-order valence-corrected chi connectivity index (χ4v) is 4.06. The zero-order valence-electron chi connectivity index (χ0n) is 13.4. The van der Waals surface area contributed by atoms with Gasteiger partial charge in [0.05, 0.1) is 0 Å². The summed E-state index contributed by atoms with van der Waals surface area (Å²) in [6, 6.07) is 0. The molecular formula is C16H33N3. The molecule has 1 saturated carbocycles. The fourth-order valence-electron chi connectivity index (χ4n) is 4.06. The first-order valence-electron chi connectivity index (χ1n) is 8.10. The highest BCUT2D eigenvalue weighted by molar-refractivity contribution is 5.01. The molecule has 1 heterocycles. The molecule has 3 nitrogen and oxygen atoms in total. The number of likely N-dealkylation sites (N-methyl/N-ethyl adjacent to an activating group) is 1. The molecule has 3 heteroatoms. The normalized spacial score (nSPS) is 37.4. The molecule has 0 aromatic heterocycles. The van der Waals surface area contributed by atoms with Gasteiger partial charge in [0, 0.05) is 37.3 Å². The van der Waals surface area contributed by atoms with Crippen molar-refractivity contribution in [2.45, 2.75) is 64.0 Å². The van der Waals surface area contributed by atoms with E-state index in [0.29, 0.717) is 0 Å². The molecule has 2 rings (SSSR count). The molecule has 2 atom stereocenters. The quantitative estimate of drug-likeness (QED) is 0.852. The van der Waals surface area contributed by atoms with E-state index in [9.17, 15) is 0 Å². The lowest BCUT2D eigenvalue weighted by atomic mass is 9.73. The van der Waals surface area contributed by atoms with Crippen molar-refractivity contribution < 1.29 is 0 Å². The lowest BCUT2D eigenvalue weighted by Crippen LogP contribution is -2.66. The van der Waals surface area contributed by atoms with E-state index in [4.69, 9.17) is 5.73 Å².